The number of hydrogen-bond acceptors (Lipinski definition) is 4. The van der Waals surface area contributed by atoms with Crippen LogP contribution in [0.15, 0.2) is 251 Å². The molecule has 0 N–H and O–H groups in total. The van der Waals surface area contributed by atoms with Crippen LogP contribution in [0.4, 0.5) is 17.1 Å². The van der Waals surface area contributed by atoms with Gasteiger partial charge >= 0.3 is 0 Å². The Bertz CT molecular complexity index is 4380. The van der Waals surface area contributed by atoms with Gasteiger partial charge in [0, 0.05) is 75.3 Å². The number of nitrogens with zero attached hydrogens (tertiary/aromatic N) is 2. The number of benzene rings is 11. The summed E-state index contributed by atoms with van der Waals surface area (Å²) in [5, 5.41) is 9.42. The van der Waals surface area contributed by atoms with Crippen molar-refractivity contribution in [1.29, 1.82) is 0 Å². The highest BCUT2D eigenvalue weighted by Crippen LogP contribution is 2.48. The first-order chi connectivity index (χ1) is 35.2. The van der Waals surface area contributed by atoms with Crippen molar-refractivity contribution in [2.24, 2.45) is 0 Å². The van der Waals surface area contributed by atoms with Gasteiger partial charge in [0.05, 0.1) is 22.1 Å². The molecule has 0 aliphatic carbocycles. The van der Waals surface area contributed by atoms with E-state index in [0.29, 0.717) is 0 Å². The van der Waals surface area contributed by atoms with Crippen molar-refractivity contribution >= 4 is 114 Å². The van der Waals surface area contributed by atoms with E-state index in [9.17, 15) is 0 Å². The molecule has 0 unspecified atom stereocenters. The largest absolute Gasteiger partial charge is 0.455 e. The molecule has 15 aromatic rings. The minimum absolute atomic E-state index is 0.842. The molecule has 0 bridgehead atoms. The third-order valence-electron chi connectivity index (χ3n) is 14.4. The maximum atomic E-state index is 7.01. The summed E-state index contributed by atoms with van der Waals surface area (Å²) in [7, 11) is 0. The van der Waals surface area contributed by atoms with E-state index in [-0.39, 0.29) is 0 Å². The summed E-state index contributed by atoms with van der Waals surface area (Å²) in [5.41, 5.74) is 16.7. The molecule has 71 heavy (non-hydrogen) atoms. The molecule has 0 amide bonds. The number of thiophene rings is 1. The van der Waals surface area contributed by atoms with Crippen molar-refractivity contribution in [2.45, 2.75) is 0 Å². The van der Waals surface area contributed by atoms with Crippen LogP contribution in [-0.4, -0.2) is 4.57 Å². The zero-order valence-corrected chi connectivity index (χ0v) is 39.0. The number of hydrogen-bond donors (Lipinski definition) is 0. The lowest BCUT2D eigenvalue weighted by Gasteiger charge is -2.27. The van der Waals surface area contributed by atoms with Crippen LogP contribution in [-0.2, 0) is 0 Å². The van der Waals surface area contributed by atoms with E-state index >= 15 is 0 Å². The average Bonchev–Trinajstić information content (AvgIpc) is 4.21. The number of anilines is 3. The molecule has 4 heterocycles. The zero-order chi connectivity index (χ0) is 46.6. The molecule has 0 fully saturated rings. The van der Waals surface area contributed by atoms with E-state index in [0.717, 1.165) is 88.9 Å². The molecule has 0 radical (unpaired) electrons. The Kier molecular flexibility index (Phi) is 8.79. The Balaban J connectivity index is 0.911. The van der Waals surface area contributed by atoms with Crippen molar-refractivity contribution in [2.75, 3.05) is 4.90 Å². The molecule has 0 saturated carbocycles. The number of para-hydroxylation sites is 5. The first-order valence-electron chi connectivity index (χ1n) is 24.1. The fourth-order valence-corrected chi connectivity index (χ4v) is 12.4. The van der Waals surface area contributed by atoms with E-state index in [1.807, 2.05) is 23.5 Å². The second kappa shape index (κ2) is 15.7. The molecular formula is C66H40N2O2S. The molecule has 332 valence electrons. The Hall–Kier alpha value is -9.16. The lowest BCUT2D eigenvalue weighted by atomic mass is 9.98. The minimum atomic E-state index is 0.842. The lowest BCUT2D eigenvalue weighted by molar-refractivity contribution is 0.669. The second-order valence-electron chi connectivity index (χ2n) is 18.3. The summed E-state index contributed by atoms with van der Waals surface area (Å²) in [6.07, 6.45) is 0. The van der Waals surface area contributed by atoms with E-state index < -0.39 is 0 Å². The van der Waals surface area contributed by atoms with Gasteiger partial charge in [0.1, 0.15) is 22.3 Å². The van der Waals surface area contributed by atoms with Crippen molar-refractivity contribution in [3.05, 3.63) is 243 Å². The van der Waals surface area contributed by atoms with Gasteiger partial charge in [-0.1, -0.05) is 164 Å². The van der Waals surface area contributed by atoms with Crippen LogP contribution in [0.25, 0.3) is 125 Å². The summed E-state index contributed by atoms with van der Waals surface area (Å²) < 4.78 is 18.5. The Labute approximate surface area is 412 Å². The van der Waals surface area contributed by atoms with Gasteiger partial charge < -0.3 is 18.3 Å². The molecule has 0 spiro atoms. The van der Waals surface area contributed by atoms with Gasteiger partial charge in [-0.2, -0.15) is 0 Å². The van der Waals surface area contributed by atoms with Crippen molar-refractivity contribution < 1.29 is 8.83 Å². The van der Waals surface area contributed by atoms with Gasteiger partial charge in [-0.15, -0.1) is 11.3 Å². The van der Waals surface area contributed by atoms with Gasteiger partial charge in [0.2, 0.25) is 0 Å². The zero-order valence-electron chi connectivity index (χ0n) is 38.2. The molecule has 0 aliphatic heterocycles. The van der Waals surface area contributed by atoms with Crippen LogP contribution >= 0.6 is 11.3 Å². The first kappa shape index (κ1) is 39.8. The second-order valence-corrected chi connectivity index (χ2v) is 19.4. The highest BCUT2D eigenvalue weighted by molar-refractivity contribution is 7.26. The molecule has 11 aromatic carbocycles. The van der Waals surface area contributed by atoms with Crippen molar-refractivity contribution in [3.8, 4) is 39.1 Å². The highest BCUT2D eigenvalue weighted by Gasteiger charge is 2.24. The SMILES string of the molecule is c1cc(-c2ccc(N(c3ccc(-c4cccc5c4oc4ccccc45)cc3)c3ccc(-c4cccc5c4sc4ccccc45)cc3)c3c2oc2ccccc23)cc(-n2c3ccccc3c3ccccc32)c1. The van der Waals surface area contributed by atoms with Crippen LogP contribution in [0.3, 0.4) is 0 Å². The van der Waals surface area contributed by atoms with E-state index in [4.69, 9.17) is 8.83 Å². The van der Waals surface area contributed by atoms with E-state index in [1.165, 1.54) is 53.1 Å². The summed E-state index contributed by atoms with van der Waals surface area (Å²) in [5.74, 6) is 0. The monoisotopic (exact) mass is 924 g/mol. The molecular weight excluding hydrogens is 885 g/mol. The summed E-state index contributed by atoms with van der Waals surface area (Å²) in [6.45, 7) is 0. The highest BCUT2D eigenvalue weighted by atomic mass is 32.1. The molecule has 0 atom stereocenters. The fraction of sp³-hybridized carbons (Fsp3) is 0. The van der Waals surface area contributed by atoms with Crippen molar-refractivity contribution in [1.82, 2.24) is 4.57 Å². The van der Waals surface area contributed by atoms with Gasteiger partial charge in [0.15, 0.2) is 0 Å². The number of furan rings is 2. The molecule has 4 nitrogen and oxygen atoms in total. The third kappa shape index (κ3) is 6.17. The predicted octanol–water partition coefficient (Wildman–Crippen LogP) is 19.4. The lowest BCUT2D eigenvalue weighted by Crippen LogP contribution is -2.10. The molecule has 0 aliphatic rings. The van der Waals surface area contributed by atoms with Crippen LogP contribution in [0, 0.1) is 0 Å². The normalized spacial score (nSPS) is 11.9. The van der Waals surface area contributed by atoms with Crippen LogP contribution in [0.5, 0.6) is 0 Å². The number of rotatable bonds is 7. The van der Waals surface area contributed by atoms with E-state index in [1.54, 1.807) is 0 Å². The minimum Gasteiger partial charge on any atom is -0.455 e. The van der Waals surface area contributed by atoms with Crippen LogP contribution in [0.1, 0.15) is 0 Å². The van der Waals surface area contributed by atoms with E-state index in [2.05, 4.69) is 240 Å². The quantitative estimate of drug-likeness (QED) is 0.160. The molecule has 0 saturated heterocycles. The summed E-state index contributed by atoms with van der Waals surface area (Å²) >= 11 is 1.86. The van der Waals surface area contributed by atoms with Crippen LogP contribution in [0.2, 0.25) is 0 Å². The topological polar surface area (TPSA) is 34.5 Å². The van der Waals surface area contributed by atoms with Gasteiger partial charge in [-0.3, -0.25) is 0 Å². The molecule has 15 rings (SSSR count). The smallest absolute Gasteiger partial charge is 0.145 e. The Morgan fingerprint density at radius 1 is 0.352 bits per heavy atom. The standard InChI is InChI=1S/C66H40N2O2S/c1-6-25-57-50(16-1)51-17-2-7-26-58(51)68(57)46-15-11-14-43(40-46)48-38-39-59(63-56-20-4-9-28-61(56)70-65(48)63)67(44-34-30-41(31-35-44)47-21-12-23-54-52-18-3-8-27-60(52)69-64(47)54)45-36-32-42(33-37-45)49-22-13-24-55-53-19-5-10-29-62(53)71-66(49)55/h1-40H. The fourth-order valence-electron chi connectivity index (χ4n) is 11.2. The number of aromatic nitrogens is 1. The Morgan fingerprint density at radius 2 is 0.887 bits per heavy atom. The van der Waals surface area contributed by atoms with Crippen molar-refractivity contribution in [3.63, 3.8) is 0 Å². The number of fused-ring (bicyclic) bond motifs is 12. The van der Waals surface area contributed by atoms with Crippen LogP contribution < -0.4 is 4.90 Å². The summed E-state index contributed by atoms with van der Waals surface area (Å²) in [6, 6.07) is 87.3. The maximum Gasteiger partial charge on any atom is 0.145 e. The van der Waals surface area contributed by atoms with Gasteiger partial charge in [-0.25, -0.2) is 0 Å². The summed E-state index contributed by atoms with van der Waals surface area (Å²) in [4.78, 5) is 2.39. The Morgan fingerprint density at radius 3 is 1.62 bits per heavy atom. The molecule has 5 heteroatoms. The van der Waals surface area contributed by atoms with Gasteiger partial charge in [0.25, 0.3) is 0 Å². The first-order valence-corrected chi connectivity index (χ1v) is 24.9. The maximum absolute atomic E-state index is 7.01. The third-order valence-corrected chi connectivity index (χ3v) is 15.6. The van der Waals surface area contributed by atoms with Gasteiger partial charge in [-0.05, 0) is 101 Å². The average molecular weight is 925 g/mol. The predicted molar refractivity (Wildman–Crippen MR) is 299 cm³/mol. The molecule has 4 aromatic heterocycles.